The first-order valence-electron chi connectivity index (χ1n) is 12.0. The molecule has 0 saturated carbocycles. The summed E-state index contributed by atoms with van der Waals surface area (Å²) in [5, 5.41) is 0. The number of hydrogen-bond donors (Lipinski definition) is 0. The number of para-hydroxylation sites is 1. The maximum absolute atomic E-state index is 6.16. The molecule has 0 aromatic heterocycles. The minimum Gasteiger partial charge on any atom is -0.494 e. The van der Waals surface area contributed by atoms with Crippen LogP contribution < -0.4 is 9.47 Å². The van der Waals surface area contributed by atoms with Crippen molar-refractivity contribution >= 4 is 17.7 Å². The molecule has 0 aliphatic carbocycles. The predicted octanol–water partition coefficient (Wildman–Crippen LogP) is 5.41. The Balaban J connectivity index is 1.17. The molecule has 0 radical (unpaired) electrons. The van der Waals surface area contributed by atoms with Crippen molar-refractivity contribution in [2.75, 3.05) is 50.9 Å². The summed E-state index contributed by atoms with van der Waals surface area (Å²) < 4.78 is 17.9. The zero-order chi connectivity index (χ0) is 22.6. The summed E-state index contributed by atoms with van der Waals surface area (Å²) in [6.07, 6.45) is 6.80. The van der Waals surface area contributed by atoms with Gasteiger partial charge in [-0.2, -0.15) is 11.8 Å². The smallest absolute Gasteiger partial charge is 0.221 e. The van der Waals surface area contributed by atoms with Crippen molar-refractivity contribution in [2.24, 2.45) is 4.99 Å². The lowest BCUT2D eigenvalue weighted by Gasteiger charge is -2.14. The van der Waals surface area contributed by atoms with Crippen LogP contribution in [0.4, 0.5) is 0 Å². The molecule has 4 rings (SSSR count). The molecule has 0 amide bonds. The van der Waals surface area contributed by atoms with Crippen LogP contribution in [0.2, 0.25) is 0 Å². The second kappa shape index (κ2) is 13.3. The quantitative estimate of drug-likeness (QED) is 0.391. The number of thioether (sulfide) groups is 1. The maximum Gasteiger partial charge on any atom is 0.221 e. The normalized spacial score (nSPS) is 16.5. The van der Waals surface area contributed by atoms with Crippen LogP contribution in [0.3, 0.4) is 0 Å². The molecule has 0 N–H and O–H groups in total. The van der Waals surface area contributed by atoms with Gasteiger partial charge < -0.3 is 19.1 Å². The van der Waals surface area contributed by atoms with Gasteiger partial charge in [-0.15, -0.1) is 0 Å². The van der Waals surface area contributed by atoms with Crippen LogP contribution in [0.1, 0.15) is 31.2 Å². The minimum atomic E-state index is 0.683. The van der Waals surface area contributed by atoms with E-state index in [9.17, 15) is 0 Å². The van der Waals surface area contributed by atoms with Crippen LogP contribution in [-0.4, -0.2) is 61.7 Å². The molecule has 1 saturated heterocycles. The number of aliphatic imine (C=N–C) groups is 1. The number of benzene rings is 2. The molecular formula is C27H34N2O3S. The highest BCUT2D eigenvalue weighted by Crippen LogP contribution is 2.19. The topological polar surface area (TPSA) is 43.3 Å². The van der Waals surface area contributed by atoms with E-state index in [-0.39, 0.29) is 0 Å². The number of nitrogens with zero attached hydrogens (tertiary/aromatic N) is 2. The van der Waals surface area contributed by atoms with Crippen molar-refractivity contribution in [3.8, 4) is 11.5 Å². The van der Waals surface area contributed by atoms with Gasteiger partial charge in [-0.3, -0.25) is 4.99 Å². The lowest BCUT2D eigenvalue weighted by Crippen LogP contribution is -2.21. The summed E-state index contributed by atoms with van der Waals surface area (Å²) in [7, 11) is 0. The van der Waals surface area contributed by atoms with Gasteiger partial charge in [0.1, 0.15) is 17.3 Å². The maximum atomic E-state index is 6.16. The Bertz CT molecular complexity index is 893. The molecule has 2 aliphatic rings. The monoisotopic (exact) mass is 466 g/mol. The van der Waals surface area contributed by atoms with Crippen molar-refractivity contribution in [3.05, 3.63) is 72.0 Å². The van der Waals surface area contributed by atoms with E-state index in [1.54, 1.807) is 0 Å². The SMILES string of the molecule is C1=C(CSCCOc2ccccc2)OC(c2ccc(OCCCN3CCCC3)cc2)=NCC1. The van der Waals surface area contributed by atoms with E-state index in [1.807, 2.05) is 66.4 Å². The summed E-state index contributed by atoms with van der Waals surface area (Å²) in [6, 6.07) is 18.0. The van der Waals surface area contributed by atoms with Crippen LogP contribution in [0.25, 0.3) is 0 Å². The van der Waals surface area contributed by atoms with Crippen molar-refractivity contribution in [1.82, 2.24) is 4.90 Å². The van der Waals surface area contributed by atoms with Gasteiger partial charge in [0.25, 0.3) is 0 Å². The molecule has 0 spiro atoms. The zero-order valence-corrected chi connectivity index (χ0v) is 20.1. The average Bonchev–Trinajstić information content (AvgIpc) is 3.27. The number of ether oxygens (including phenoxy) is 3. The fourth-order valence-electron chi connectivity index (χ4n) is 3.91. The molecule has 5 nitrogen and oxygen atoms in total. The van der Waals surface area contributed by atoms with E-state index < -0.39 is 0 Å². The van der Waals surface area contributed by atoms with Gasteiger partial charge in [-0.1, -0.05) is 18.2 Å². The van der Waals surface area contributed by atoms with Crippen LogP contribution in [0, 0.1) is 0 Å². The number of likely N-dealkylation sites (tertiary alicyclic amines) is 1. The summed E-state index contributed by atoms with van der Waals surface area (Å²) in [5.41, 5.74) is 0.990. The first kappa shape index (κ1) is 23.7. The molecule has 2 aliphatic heterocycles. The van der Waals surface area contributed by atoms with Gasteiger partial charge >= 0.3 is 0 Å². The van der Waals surface area contributed by atoms with Gasteiger partial charge in [0, 0.05) is 24.4 Å². The molecule has 6 heteroatoms. The van der Waals surface area contributed by atoms with E-state index in [1.165, 1.54) is 25.9 Å². The van der Waals surface area contributed by atoms with Gasteiger partial charge in [-0.05, 0) is 81.2 Å². The third-order valence-corrected chi connectivity index (χ3v) is 6.60. The Morgan fingerprint density at radius 1 is 0.909 bits per heavy atom. The van der Waals surface area contributed by atoms with E-state index in [0.717, 1.165) is 66.9 Å². The second-order valence-corrected chi connectivity index (χ2v) is 9.34. The van der Waals surface area contributed by atoms with Gasteiger partial charge in [-0.25, -0.2) is 0 Å². The number of hydrogen-bond acceptors (Lipinski definition) is 6. The summed E-state index contributed by atoms with van der Waals surface area (Å²) in [5.74, 6) is 5.20. The van der Waals surface area contributed by atoms with Crippen molar-refractivity contribution in [1.29, 1.82) is 0 Å². The van der Waals surface area contributed by atoms with Crippen LogP contribution in [-0.2, 0) is 4.74 Å². The van der Waals surface area contributed by atoms with Gasteiger partial charge in [0.15, 0.2) is 0 Å². The average molecular weight is 467 g/mol. The third-order valence-electron chi connectivity index (χ3n) is 5.66. The highest BCUT2D eigenvalue weighted by atomic mass is 32.2. The van der Waals surface area contributed by atoms with Gasteiger partial charge in [0.05, 0.1) is 19.0 Å². The largest absolute Gasteiger partial charge is 0.494 e. The first-order chi connectivity index (χ1) is 16.4. The fourth-order valence-corrected chi connectivity index (χ4v) is 4.64. The third kappa shape index (κ3) is 8.13. The molecular weight excluding hydrogens is 432 g/mol. The van der Waals surface area contributed by atoms with Crippen molar-refractivity contribution in [2.45, 2.75) is 25.7 Å². The predicted molar refractivity (Wildman–Crippen MR) is 137 cm³/mol. The van der Waals surface area contributed by atoms with Crippen LogP contribution in [0.5, 0.6) is 11.5 Å². The van der Waals surface area contributed by atoms with E-state index in [0.29, 0.717) is 12.5 Å². The minimum absolute atomic E-state index is 0.683. The molecule has 2 heterocycles. The molecule has 2 aromatic rings. The molecule has 0 atom stereocenters. The highest BCUT2D eigenvalue weighted by molar-refractivity contribution is 7.99. The summed E-state index contributed by atoms with van der Waals surface area (Å²) in [6.45, 7) is 5.80. The second-order valence-electron chi connectivity index (χ2n) is 8.24. The van der Waals surface area contributed by atoms with Crippen molar-refractivity contribution in [3.63, 3.8) is 0 Å². The molecule has 0 bridgehead atoms. The molecule has 176 valence electrons. The Labute approximate surface area is 201 Å². The molecule has 33 heavy (non-hydrogen) atoms. The van der Waals surface area contributed by atoms with E-state index >= 15 is 0 Å². The van der Waals surface area contributed by atoms with E-state index in [4.69, 9.17) is 14.2 Å². The fraction of sp³-hybridized carbons (Fsp3) is 0.444. The molecule has 2 aromatic carbocycles. The Hall–Kier alpha value is -2.44. The summed E-state index contributed by atoms with van der Waals surface area (Å²) in [4.78, 5) is 7.16. The molecule has 1 fully saturated rings. The molecule has 0 unspecified atom stereocenters. The van der Waals surface area contributed by atoms with Crippen molar-refractivity contribution < 1.29 is 14.2 Å². The van der Waals surface area contributed by atoms with Gasteiger partial charge in [0.2, 0.25) is 5.90 Å². The number of rotatable bonds is 12. The Kier molecular flexibility index (Phi) is 9.56. The summed E-state index contributed by atoms with van der Waals surface area (Å²) >= 11 is 1.81. The van der Waals surface area contributed by atoms with Crippen LogP contribution in [0.15, 0.2) is 71.4 Å². The zero-order valence-electron chi connectivity index (χ0n) is 19.3. The lowest BCUT2D eigenvalue weighted by molar-refractivity contribution is 0.263. The lowest BCUT2D eigenvalue weighted by atomic mass is 10.2. The highest BCUT2D eigenvalue weighted by Gasteiger charge is 2.13. The van der Waals surface area contributed by atoms with E-state index in [2.05, 4.69) is 16.0 Å². The van der Waals surface area contributed by atoms with Crippen LogP contribution >= 0.6 is 11.8 Å². The Morgan fingerprint density at radius 3 is 2.48 bits per heavy atom. The standard InChI is InChI=1S/C27H34N2O3S/c1-2-8-24(9-3-1)31-20-21-33-22-26-10-6-15-28-27(32-26)23-11-13-25(14-12-23)30-19-7-18-29-16-4-5-17-29/h1-3,8-14H,4-7,15-22H2. The first-order valence-corrected chi connectivity index (χ1v) is 13.1. The Morgan fingerprint density at radius 2 is 1.67 bits per heavy atom.